The molecule has 0 aromatic rings. The summed E-state index contributed by atoms with van der Waals surface area (Å²) in [5, 5.41) is 3.34. The Morgan fingerprint density at radius 3 is 2.75 bits per heavy atom. The van der Waals surface area contributed by atoms with E-state index >= 15 is 0 Å². The molecule has 0 unspecified atom stereocenters. The maximum Gasteiger partial charge on any atom is 0.314 e. The van der Waals surface area contributed by atoms with E-state index < -0.39 is 12.0 Å². The highest BCUT2D eigenvalue weighted by atomic mass is 16.5. The van der Waals surface area contributed by atoms with E-state index in [1.54, 1.807) is 6.92 Å². The second kappa shape index (κ2) is 6.49. The molecular weight excluding hydrogens is 158 g/mol. The van der Waals surface area contributed by atoms with Crippen molar-refractivity contribution in [2.75, 3.05) is 6.61 Å². The first-order valence-electron chi connectivity index (χ1n) is 3.97. The summed E-state index contributed by atoms with van der Waals surface area (Å²) in [5.41, 5.74) is 8.13. The lowest BCUT2D eigenvalue weighted by atomic mass is 10.2. The molecule has 0 rings (SSSR count). The standard InChI is InChI=1S/C7H13N3O2/c1-3-5-6(9-10-8)7(11)12-4-2/h6H,3-5H2,1-2H3/t6-/m1/s1. The van der Waals surface area contributed by atoms with Crippen molar-refractivity contribution in [2.45, 2.75) is 32.7 Å². The summed E-state index contributed by atoms with van der Waals surface area (Å²) in [7, 11) is 0. The van der Waals surface area contributed by atoms with Crippen LogP contribution in [-0.2, 0) is 9.53 Å². The highest BCUT2D eigenvalue weighted by Crippen LogP contribution is 2.04. The second-order valence-electron chi connectivity index (χ2n) is 2.26. The first kappa shape index (κ1) is 10.8. The van der Waals surface area contributed by atoms with E-state index in [0.717, 1.165) is 6.42 Å². The predicted molar refractivity (Wildman–Crippen MR) is 44.5 cm³/mol. The van der Waals surface area contributed by atoms with E-state index in [4.69, 9.17) is 10.3 Å². The van der Waals surface area contributed by atoms with Gasteiger partial charge >= 0.3 is 5.97 Å². The summed E-state index contributed by atoms with van der Waals surface area (Å²) in [5.74, 6) is -0.433. The van der Waals surface area contributed by atoms with E-state index in [2.05, 4.69) is 10.0 Å². The number of esters is 1. The molecule has 5 heteroatoms. The molecule has 0 aromatic heterocycles. The third kappa shape index (κ3) is 3.83. The third-order valence-electron chi connectivity index (χ3n) is 1.31. The highest BCUT2D eigenvalue weighted by molar-refractivity contribution is 5.75. The Hall–Kier alpha value is -1.22. The van der Waals surface area contributed by atoms with Crippen molar-refractivity contribution in [3.05, 3.63) is 10.4 Å². The molecule has 0 saturated heterocycles. The first-order chi connectivity index (χ1) is 5.76. The summed E-state index contributed by atoms with van der Waals surface area (Å²) in [6, 6.07) is -0.653. The lowest BCUT2D eigenvalue weighted by molar-refractivity contribution is -0.144. The maximum atomic E-state index is 11.0. The van der Waals surface area contributed by atoms with E-state index in [0.29, 0.717) is 13.0 Å². The fourth-order valence-corrected chi connectivity index (χ4v) is 0.797. The van der Waals surface area contributed by atoms with Gasteiger partial charge in [-0.15, -0.1) is 0 Å². The number of carbonyl (C=O) groups excluding carboxylic acids is 1. The van der Waals surface area contributed by atoms with Gasteiger partial charge < -0.3 is 4.74 Å². The summed E-state index contributed by atoms with van der Waals surface area (Å²) in [6.07, 6.45) is 1.34. The molecule has 0 heterocycles. The zero-order chi connectivity index (χ0) is 9.40. The van der Waals surface area contributed by atoms with Gasteiger partial charge in [-0.1, -0.05) is 18.5 Å². The fraction of sp³-hybridized carbons (Fsp3) is 0.857. The van der Waals surface area contributed by atoms with Crippen molar-refractivity contribution in [3.8, 4) is 0 Å². The first-order valence-corrected chi connectivity index (χ1v) is 3.97. The van der Waals surface area contributed by atoms with E-state index in [1.165, 1.54) is 0 Å². The average molecular weight is 171 g/mol. The summed E-state index contributed by atoms with van der Waals surface area (Å²) in [6.45, 7) is 3.95. The Morgan fingerprint density at radius 1 is 1.67 bits per heavy atom. The zero-order valence-corrected chi connectivity index (χ0v) is 7.36. The molecule has 0 spiro atoms. The van der Waals surface area contributed by atoms with Crippen LogP contribution in [0.15, 0.2) is 5.11 Å². The average Bonchev–Trinajstić information content (AvgIpc) is 2.04. The van der Waals surface area contributed by atoms with Crippen LogP contribution in [0.2, 0.25) is 0 Å². The number of hydrogen-bond donors (Lipinski definition) is 0. The molecule has 0 saturated carbocycles. The highest BCUT2D eigenvalue weighted by Gasteiger charge is 2.16. The Labute approximate surface area is 71.3 Å². The normalized spacial score (nSPS) is 11.5. The van der Waals surface area contributed by atoms with E-state index in [9.17, 15) is 4.79 Å². The van der Waals surface area contributed by atoms with Crippen LogP contribution in [0.4, 0.5) is 0 Å². The lowest BCUT2D eigenvalue weighted by Gasteiger charge is -2.07. The molecular formula is C7H13N3O2. The molecule has 0 aromatic carbocycles. The number of ether oxygens (including phenoxy) is 1. The Balaban J connectivity index is 4.08. The van der Waals surface area contributed by atoms with Gasteiger partial charge in [0, 0.05) is 4.91 Å². The van der Waals surface area contributed by atoms with Crippen LogP contribution in [0, 0.1) is 0 Å². The summed E-state index contributed by atoms with van der Waals surface area (Å²) in [4.78, 5) is 13.6. The molecule has 1 atom stereocenters. The van der Waals surface area contributed by atoms with Crippen molar-refractivity contribution >= 4 is 5.97 Å². The number of hydrogen-bond acceptors (Lipinski definition) is 3. The van der Waals surface area contributed by atoms with Gasteiger partial charge in [0.25, 0.3) is 0 Å². The lowest BCUT2D eigenvalue weighted by Crippen LogP contribution is -2.20. The minimum Gasteiger partial charge on any atom is -0.466 e. The molecule has 0 bridgehead atoms. The predicted octanol–water partition coefficient (Wildman–Crippen LogP) is 2.03. The monoisotopic (exact) mass is 171 g/mol. The van der Waals surface area contributed by atoms with Gasteiger partial charge in [0.1, 0.15) is 6.04 Å². The van der Waals surface area contributed by atoms with Gasteiger partial charge in [-0.3, -0.25) is 4.79 Å². The van der Waals surface area contributed by atoms with Gasteiger partial charge in [0.15, 0.2) is 0 Å². The van der Waals surface area contributed by atoms with Crippen molar-refractivity contribution in [3.63, 3.8) is 0 Å². The van der Waals surface area contributed by atoms with Crippen molar-refractivity contribution in [1.29, 1.82) is 0 Å². The second-order valence-corrected chi connectivity index (χ2v) is 2.26. The van der Waals surface area contributed by atoms with Crippen LogP contribution in [-0.4, -0.2) is 18.6 Å². The summed E-state index contributed by atoms with van der Waals surface area (Å²) >= 11 is 0. The molecule has 0 aliphatic rings. The van der Waals surface area contributed by atoms with Crippen LogP contribution in [0.1, 0.15) is 26.7 Å². The molecule has 68 valence electrons. The molecule has 0 radical (unpaired) electrons. The smallest absolute Gasteiger partial charge is 0.314 e. The van der Waals surface area contributed by atoms with Gasteiger partial charge in [-0.05, 0) is 18.9 Å². The van der Waals surface area contributed by atoms with Crippen LogP contribution in [0.25, 0.3) is 10.4 Å². The third-order valence-corrected chi connectivity index (χ3v) is 1.31. The van der Waals surface area contributed by atoms with E-state index in [1.807, 2.05) is 6.92 Å². The van der Waals surface area contributed by atoms with Crippen LogP contribution >= 0.6 is 0 Å². The number of rotatable bonds is 5. The van der Waals surface area contributed by atoms with Gasteiger partial charge in [0.2, 0.25) is 0 Å². The SMILES string of the molecule is CCC[C@@H](N=[N+]=[N-])C(=O)OCC. The molecule has 0 aliphatic heterocycles. The summed E-state index contributed by atoms with van der Waals surface area (Å²) < 4.78 is 4.71. The minimum absolute atomic E-state index is 0.319. The fourth-order valence-electron chi connectivity index (χ4n) is 0.797. The van der Waals surface area contributed by atoms with Crippen LogP contribution in [0.3, 0.4) is 0 Å². The zero-order valence-electron chi connectivity index (χ0n) is 7.36. The minimum atomic E-state index is -0.653. The quantitative estimate of drug-likeness (QED) is 0.274. The van der Waals surface area contributed by atoms with Gasteiger partial charge in [-0.25, -0.2) is 0 Å². The molecule has 0 aliphatic carbocycles. The largest absolute Gasteiger partial charge is 0.466 e. The molecule has 0 N–H and O–H groups in total. The van der Waals surface area contributed by atoms with Crippen molar-refractivity contribution in [2.24, 2.45) is 5.11 Å². The molecule has 0 amide bonds. The Kier molecular flexibility index (Phi) is 5.83. The molecule has 5 nitrogen and oxygen atoms in total. The number of nitrogens with zero attached hydrogens (tertiary/aromatic N) is 3. The Morgan fingerprint density at radius 2 is 2.33 bits per heavy atom. The molecule has 12 heavy (non-hydrogen) atoms. The van der Waals surface area contributed by atoms with Crippen LogP contribution < -0.4 is 0 Å². The van der Waals surface area contributed by atoms with Crippen LogP contribution in [0.5, 0.6) is 0 Å². The topological polar surface area (TPSA) is 75.1 Å². The van der Waals surface area contributed by atoms with Crippen molar-refractivity contribution < 1.29 is 9.53 Å². The van der Waals surface area contributed by atoms with Gasteiger partial charge in [0.05, 0.1) is 6.61 Å². The van der Waals surface area contributed by atoms with Crippen molar-refractivity contribution in [1.82, 2.24) is 0 Å². The maximum absolute atomic E-state index is 11.0. The van der Waals surface area contributed by atoms with Gasteiger partial charge in [-0.2, -0.15) is 0 Å². The number of carbonyl (C=O) groups is 1. The Bertz CT molecular complexity index is 187. The van der Waals surface area contributed by atoms with E-state index in [-0.39, 0.29) is 0 Å². The molecule has 0 fully saturated rings. The number of azide groups is 1.